The van der Waals surface area contributed by atoms with Gasteiger partial charge in [0.05, 0.1) is 0 Å². The highest BCUT2D eigenvalue weighted by Crippen LogP contribution is 2.00. The topological polar surface area (TPSA) is 125 Å². The molecule has 2 atom stereocenters. The van der Waals surface area contributed by atoms with Crippen LogP contribution in [0.1, 0.15) is 19.8 Å². The van der Waals surface area contributed by atoms with Crippen LogP contribution >= 0.6 is 0 Å². The van der Waals surface area contributed by atoms with Crippen LogP contribution in [0.25, 0.3) is 0 Å². The number of hydrogen-bond acceptors (Lipinski definition) is 3. The Morgan fingerprint density at radius 1 is 1.20 bits per heavy atom. The predicted molar refractivity (Wildman–Crippen MR) is 53.9 cm³/mol. The summed E-state index contributed by atoms with van der Waals surface area (Å²) >= 11 is 0. The van der Waals surface area contributed by atoms with E-state index in [-0.39, 0.29) is 18.6 Å². The fourth-order valence-electron chi connectivity index (χ4n) is 1.16. The molecule has 2 amide bonds. The molecule has 0 bridgehead atoms. The largest absolute Gasteiger partial charge is 0.465 e. The first-order valence-corrected chi connectivity index (χ1v) is 4.64. The van der Waals surface area contributed by atoms with Gasteiger partial charge in [-0.2, -0.15) is 0 Å². The number of rotatable bonds is 6. The first-order chi connectivity index (χ1) is 6.95. The third kappa shape index (κ3) is 7.56. The molecule has 6 N–H and O–H groups in total. The zero-order valence-electron chi connectivity index (χ0n) is 8.56. The number of hydrogen-bond donors (Lipinski definition) is 5. The summed E-state index contributed by atoms with van der Waals surface area (Å²) in [5.41, 5.74) is 5.35. The highest BCUT2D eigenvalue weighted by atomic mass is 16.4. The van der Waals surface area contributed by atoms with E-state index in [4.69, 9.17) is 15.9 Å². The molecule has 7 nitrogen and oxygen atoms in total. The van der Waals surface area contributed by atoms with Crippen LogP contribution in [0.5, 0.6) is 0 Å². The quantitative estimate of drug-likeness (QED) is 0.430. The maximum atomic E-state index is 10.3. The van der Waals surface area contributed by atoms with Crippen molar-refractivity contribution < 1.29 is 19.8 Å². The average molecular weight is 219 g/mol. The van der Waals surface area contributed by atoms with Crippen molar-refractivity contribution >= 4 is 12.2 Å². The molecule has 15 heavy (non-hydrogen) atoms. The van der Waals surface area contributed by atoms with Crippen molar-refractivity contribution in [3.8, 4) is 0 Å². The van der Waals surface area contributed by atoms with Gasteiger partial charge in [-0.05, 0) is 19.8 Å². The Balaban J connectivity index is 3.79. The van der Waals surface area contributed by atoms with Gasteiger partial charge in [0.1, 0.15) is 0 Å². The molecule has 0 aliphatic rings. The molecule has 0 aromatic heterocycles. The van der Waals surface area contributed by atoms with E-state index in [1.54, 1.807) is 6.92 Å². The van der Waals surface area contributed by atoms with Crippen LogP contribution in [0.4, 0.5) is 9.59 Å². The summed E-state index contributed by atoms with van der Waals surface area (Å²) in [6.07, 6.45) is -1.17. The summed E-state index contributed by atoms with van der Waals surface area (Å²) in [6.45, 7) is 1.91. The maximum absolute atomic E-state index is 10.3. The van der Waals surface area contributed by atoms with Gasteiger partial charge in [-0.1, -0.05) is 0 Å². The van der Waals surface area contributed by atoms with Gasteiger partial charge in [0.25, 0.3) is 0 Å². The van der Waals surface area contributed by atoms with Crippen molar-refractivity contribution in [1.29, 1.82) is 0 Å². The lowest BCUT2D eigenvalue weighted by atomic mass is 10.1. The third-order valence-electron chi connectivity index (χ3n) is 1.93. The molecule has 0 radical (unpaired) electrons. The molecule has 0 saturated heterocycles. The number of nitrogens with one attached hydrogen (secondary N) is 2. The van der Waals surface area contributed by atoms with Gasteiger partial charge in [0, 0.05) is 18.6 Å². The van der Waals surface area contributed by atoms with E-state index < -0.39 is 12.2 Å². The summed E-state index contributed by atoms with van der Waals surface area (Å²) in [5.74, 6) is 0. The Morgan fingerprint density at radius 2 is 1.73 bits per heavy atom. The summed E-state index contributed by atoms with van der Waals surface area (Å²) in [7, 11) is 0. The standard InChI is InChI=1S/C8H17N3O4/c1-5(10-7(12)13)2-3-6(4-9)11-8(14)15/h5-6,10-11H,2-4,9H2,1H3,(H,12,13)(H,14,15)/t5-,6-/m0/s1. The Bertz CT molecular complexity index is 222. The van der Waals surface area contributed by atoms with Crippen molar-refractivity contribution in [2.45, 2.75) is 31.8 Å². The zero-order chi connectivity index (χ0) is 11.8. The molecular weight excluding hydrogens is 202 g/mol. The van der Waals surface area contributed by atoms with E-state index in [1.165, 1.54) is 0 Å². The zero-order valence-corrected chi connectivity index (χ0v) is 8.56. The minimum atomic E-state index is -1.12. The van der Waals surface area contributed by atoms with Crippen LogP contribution in [0, 0.1) is 0 Å². The second kappa shape index (κ2) is 6.88. The predicted octanol–water partition coefficient (Wildman–Crippen LogP) is 0.0176. The fourth-order valence-corrected chi connectivity index (χ4v) is 1.16. The molecule has 0 aromatic carbocycles. The average Bonchev–Trinajstić information content (AvgIpc) is 2.10. The summed E-state index contributed by atoms with van der Waals surface area (Å²) in [5, 5.41) is 21.4. The van der Waals surface area contributed by atoms with E-state index in [1.807, 2.05) is 0 Å². The molecule has 0 aromatic rings. The van der Waals surface area contributed by atoms with Crippen molar-refractivity contribution in [3.05, 3.63) is 0 Å². The monoisotopic (exact) mass is 219 g/mol. The van der Waals surface area contributed by atoms with Crippen molar-refractivity contribution in [2.75, 3.05) is 6.54 Å². The molecule has 0 aliphatic heterocycles. The molecule has 0 saturated carbocycles. The minimum absolute atomic E-state index is 0.200. The smallest absolute Gasteiger partial charge is 0.404 e. The first kappa shape index (κ1) is 13.5. The highest BCUT2D eigenvalue weighted by molar-refractivity contribution is 5.65. The number of carbonyl (C=O) groups is 2. The van der Waals surface area contributed by atoms with E-state index in [0.717, 1.165) is 0 Å². The molecule has 88 valence electrons. The van der Waals surface area contributed by atoms with Gasteiger partial charge < -0.3 is 26.6 Å². The number of carboxylic acid groups (broad SMARTS) is 2. The molecule has 7 heteroatoms. The lowest BCUT2D eigenvalue weighted by Gasteiger charge is -2.17. The third-order valence-corrected chi connectivity index (χ3v) is 1.93. The summed E-state index contributed by atoms with van der Waals surface area (Å²) in [4.78, 5) is 20.6. The SMILES string of the molecule is C[C@@H](CC[C@@H](CN)NC(=O)O)NC(=O)O. The molecule has 0 rings (SSSR count). The van der Waals surface area contributed by atoms with Gasteiger partial charge in [0.15, 0.2) is 0 Å². The molecule has 0 fully saturated rings. The summed E-state index contributed by atoms with van der Waals surface area (Å²) < 4.78 is 0. The van der Waals surface area contributed by atoms with E-state index >= 15 is 0 Å². The van der Waals surface area contributed by atoms with Gasteiger partial charge >= 0.3 is 12.2 Å². The Kier molecular flexibility index (Phi) is 6.19. The molecule has 0 heterocycles. The van der Waals surface area contributed by atoms with Gasteiger partial charge in [-0.15, -0.1) is 0 Å². The van der Waals surface area contributed by atoms with Crippen molar-refractivity contribution in [3.63, 3.8) is 0 Å². The van der Waals surface area contributed by atoms with Crippen LogP contribution < -0.4 is 16.4 Å². The van der Waals surface area contributed by atoms with E-state index in [2.05, 4.69) is 10.6 Å². The van der Waals surface area contributed by atoms with E-state index in [0.29, 0.717) is 12.8 Å². The highest BCUT2D eigenvalue weighted by Gasteiger charge is 2.12. The van der Waals surface area contributed by atoms with Crippen LogP contribution in [0.3, 0.4) is 0 Å². The lowest BCUT2D eigenvalue weighted by Crippen LogP contribution is -2.41. The second-order valence-corrected chi connectivity index (χ2v) is 3.31. The summed E-state index contributed by atoms with van der Waals surface area (Å²) in [6, 6.07) is -0.548. The van der Waals surface area contributed by atoms with Crippen LogP contribution in [0.15, 0.2) is 0 Å². The molecule has 0 unspecified atom stereocenters. The molecular formula is C8H17N3O4. The van der Waals surface area contributed by atoms with Crippen LogP contribution in [-0.4, -0.2) is 41.0 Å². The van der Waals surface area contributed by atoms with Crippen molar-refractivity contribution in [1.82, 2.24) is 10.6 Å². The van der Waals surface area contributed by atoms with Crippen LogP contribution in [-0.2, 0) is 0 Å². The normalized spacial score (nSPS) is 14.0. The Labute approximate surface area is 87.6 Å². The second-order valence-electron chi connectivity index (χ2n) is 3.31. The Morgan fingerprint density at radius 3 is 2.13 bits per heavy atom. The lowest BCUT2D eigenvalue weighted by molar-refractivity contribution is 0.185. The molecule has 0 aliphatic carbocycles. The first-order valence-electron chi connectivity index (χ1n) is 4.64. The van der Waals surface area contributed by atoms with Gasteiger partial charge in [-0.3, -0.25) is 0 Å². The van der Waals surface area contributed by atoms with E-state index in [9.17, 15) is 9.59 Å². The number of nitrogens with two attached hydrogens (primary N) is 1. The minimum Gasteiger partial charge on any atom is -0.465 e. The fraction of sp³-hybridized carbons (Fsp3) is 0.750. The van der Waals surface area contributed by atoms with Crippen LogP contribution in [0.2, 0.25) is 0 Å². The number of amides is 2. The Hall–Kier alpha value is -1.50. The van der Waals surface area contributed by atoms with Crippen molar-refractivity contribution in [2.24, 2.45) is 5.73 Å². The van der Waals surface area contributed by atoms with Gasteiger partial charge in [0.2, 0.25) is 0 Å². The molecule has 0 spiro atoms. The maximum Gasteiger partial charge on any atom is 0.404 e. The van der Waals surface area contributed by atoms with Gasteiger partial charge in [-0.25, -0.2) is 9.59 Å².